The van der Waals surface area contributed by atoms with Crippen LogP contribution in [-0.4, -0.2) is 25.0 Å². The SMILES string of the molecule is CCC1(C(=O)NC(C)C2CCC2)CCNCC1. The Morgan fingerprint density at radius 1 is 1.41 bits per heavy atom. The molecule has 1 aliphatic heterocycles. The van der Waals surface area contributed by atoms with Gasteiger partial charge in [0, 0.05) is 6.04 Å². The molecule has 98 valence electrons. The lowest BCUT2D eigenvalue weighted by Gasteiger charge is -2.39. The molecule has 0 bridgehead atoms. The van der Waals surface area contributed by atoms with Gasteiger partial charge in [0.2, 0.25) is 5.91 Å². The molecule has 1 heterocycles. The average molecular weight is 238 g/mol. The largest absolute Gasteiger partial charge is 0.353 e. The van der Waals surface area contributed by atoms with Crippen molar-refractivity contribution in [3.05, 3.63) is 0 Å². The molecule has 0 radical (unpaired) electrons. The van der Waals surface area contributed by atoms with Gasteiger partial charge in [0.15, 0.2) is 0 Å². The molecule has 0 aromatic heterocycles. The number of amides is 1. The number of carbonyl (C=O) groups excluding carboxylic acids is 1. The molecule has 1 saturated carbocycles. The van der Waals surface area contributed by atoms with Crippen molar-refractivity contribution in [3.63, 3.8) is 0 Å². The van der Waals surface area contributed by atoms with E-state index in [1.807, 2.05) is 0 Å². The standard InChI is InChI=1S/C14H26N2O/c1-3-14(7-9-15-10-8-14)13(17)16-11(2)12-5-4-6-12/h11-12,15H,3-10H2,1-2H3,(H,16,17). The van der Waals surface area contributed by atoms with Gasteiger partial charge in [0.1, 0.15) is 0 Å². The Labute approximate surface area is 105 Å². The monoisotopic (exact) mass is 238 g/mol. The molecule has 2 N–H and O–H groups in total. The normalized spacial score (nSPS) is 26.0. The minimum absolute atomic E-state index is 0.0940. The maximum Gasteiger partial charge on any atom is 0.226 e. The van der Waals surface area contributed by atoms with Gasteiger partial charge in [-0.1, -0.05) is 13.3 Å². The predicted molar refractivity (Wildman–Crippen MR) is 69.8 cm³/mol. The van der Waals surface area contributed by atoms with Crippen LogP contribution >= 0.6 is 0 Å². The maximum atomic E-state index is 12.5. The van der Waals surface area contributed by atoms with Crippen molar-refractivity contribution in [2.24, 2.45) is 11.3 Å². The first kappa shape index (κ1) is 12.9. The molecule has 1 aliphatic carbocycles. The number of hydrogen-bond acceptors (Lipinski definition) is 2. The van der Waals surface area contributed by atoms with Crippen molar-refractivity contribution < 1.29 is 4.79 Å². The van der Waals surface area contributed by atoms with Crippen LogP contribution < -0.4 is 10.6 Å². The van der Waals surface area contributed by atoms with E-state index >= 15 is 0 Å². The first-order chi connectivity index (χ1) is 8.18. The molecular weight excluding hydrogens is 212 g/mol. The summed E-state index contributed by atoms with van der Waals surface area (Å²) in [5.41, 5.74) is -0.0940. The lowest BCUT2D eigenvalue weighted by atomic mass is 9.74. The minimum Gasteiger partial charge on any atom is -0.353 e. The second kappa shape index (κ2) is 5.38. The third-order valence-corrected chi connectivity index (χ3v) is 4.93. The first-order valence-electron chi connectivity index (χ1n) is 7.19. The quantitative estimate of drug-likeness (QED) is 0.787. The van der Waals surface area contributed by atoms with E-state index in [1.54, 1.807) is 0 Å². The summed E-state index contributed by atoms with van der Waals surface area (Å²) < 4.78 is 0. The highest BCUT2D eigenvalue weighted by Gasteiger charge is 2.39. The van der Waals surface area contributed by atoms with Gasteiger partial charge in [0.25, 0.3) is 0 Å². The third-order valence-electron chi connectivity index (χ3n) is 4.93. The van der Waals surface area contributed by atoms with E-state index in [1.165, 1.54) is 19.3 Å². The van der Waals surface area contributed by atoms with Crippen LogP contribution in [0, 0.1) is 11.3 Å². The second-order valence-electron chi connectivity index (χ2n) is 5.84. The van der Waals surface area contributed by atoms with Gasteiger partial charge in [-0.25, -0.2) is 0 Å². The third kappa shape index (κ3) is 2.65. The van der Waals surface area contributed by atoms with Gasteiger partial charge in [-0.3, -0.25) is 4.79 Å². The molecular formula is C14H26N2O. The molecule has 0 aromatic carbocycles. The predicted octanol–water partition coefficient (Wildman–Crippen LogP) is 2.07. The second-order valence-corrected chi connectivity index (χ2v) is 5.84. The van der Waals surface area contributed by atoms with Crippen LogP contribution in [0.3, 0.4) is 0 Å². The van der Waals surface area contributed by atoms with Crippen molar-refractivity contribution in [1.29, 1.82) is 0 Å². The van der Waals surface area contributed by atoms with E-state index < -0.39 is 0 Å². The topological polar surface area (TPSA) is 41.1 Å². The lowest BCUT2D eigenvalue weighted by molar-refractivity contribution is -0.134. The summed E-state index contributed by atoms with van der Waals surface area (Å²) in [6, 6.07) is 0.370. The number of rotatable bonds is 4. The van der Waals surface area contributed by atoms with Gasteiger partial charge in [-0.15, -0.1) is 0 Å². The van der Waals surface area contributed by atoms with Crippen molar-refractivity contribution in [3.8, 4) is 0 Å². The van der Waals surface area contributed by atoms with Crippen LogP contribution in [0.1, 0.15) is 52.4 Å². The van der Waals surface area contributed by atoms with Gasteiger partial charge in [0.05, 0.1) is 5.41 Å². The Kier molecular flexibility index (Phi) is 4.08. The Balaban J connectivity index is 1.91. The van der Waals surface area contributed by atoms with Crippen LogP contribution in [0.4, 0.5) is 0 Å². The minimum atomic E-state index is -0.0940. The van der Waals surface area contributed by atoms with Crippen molar-refractivity contribution in [1.82, 2.24) is 10.6 Å². The fourth-order valence-electron chi connectivity index (χ4n) is 3.06. The molecule has 1 unspecified atom stereocenters. The number of hydrogen-bond donors (Lipinski definition) is 2. The van der Waals surface area contributed by atoms with E-state index in [0.717, 1.165) is 38.3 Å². The Morgan fingerprint density at radius 3 is 2.53 bits per heavy atom. The highest BCUT2D eigenvalue weighted by atomic mass is 16.2. The average Bonchev–Trinajstić information content (AvgIpc) is 2.27. The van der Waals surface area contributed by atoms with E-state index in [-0.39, 0.29) is 5.41 Å². The maximum absolute atomic E-state index is 12.5. The number of nitrogens with one attached hydrogen (secondary N) is 2. The van der Waals surface area contributed by atoms with Gasteiger partial charge in [-0.2, -0.15) is 0 Å². The molecule has 2 rings (SSSR count). The molecule has 2 fully saturated rings. The highest BCUT2D eigenvalue weighted by Crippen LogP contribution is 2.34. The Morgan fingerprint density at radius 2 is 2.06 bits per heavy atom. The van der Waals surface area contributed by atoms with Crippen LogP contribution in [0.15, 0.2) is 0 Å². The van der Waals surface area contributed by atoms with Gasteiger partial charge >= 0.3 is 0 Å². The summed E-state index contributed by atoms with van der Waals surface area (Å²) in [6.45, 7) is 6.29. The van der Waals surface area contributed by atoms with Crippen molar-refractivity contribution >= 4 is 5.91 Å². The molecule has 2 aliphatic rings. The van der Waals surface area contributed by atoms with Crippen LogP contribution in [-0.2, 0) is 4.79 Å². The molecule has 3 nitrogen and oxygen atoms in total. The van der Waals surface area contributed by atoms with Gasteiger partial charge in [-0.05, 0) is 58.0 Å². The number of carbonyl (C=O) groups is 1. The summed E-state index contributed by atoms with van der Waals surface area (Å²) >= 11 is 0. The smallest absolute Gasteiger partial charge is 0.226 e. The zero-order chi connectivity index (χ0) is 12.3. The first-order valence-corrected chi connectivity index (χ1v) is 7.19. The molecule has 1 atom stereocenters. The zero-order valence-corrected chi connectivity index (χ0v) is 11.2. The molecule has 1 saturated heterocycles. The van der Waals surface area contributed by atoms with E-state index in [4.69, 9.17) is 0 Å². The Hall–Kier alpha value is -0.570. The lowest BCUT2D eigenvalue weighted by Crippen LogP contribution is -2.51. The molecule has 3 heteroatoms. The highest BCUT2D eigenvalue weighted by molar-refractivity contribution is 5.83. The van der Waals surface area contributed by atoms with Gasteiger partial charge < -0.3 is 10.6 Å². The summed E-state index contributed by atoms with van der Waals surface area (Å²) in [7, 11) is 0. The molecule has 1 amide bonds. The van der Waals surface area contributed by atoms with Crippen LogP contribution in [0.25, 0.3) is 0 Å². The summed E-state index contributed by atoms with van der Waals surface area (Å²) in [4.78, 5) is 12.5. The fourth-order valence-corrected chi connectivity index (χ4v) is 3.06. The number of piperidine rings is 1. The molecule has 0 aromatic rings. The summed E-state index contributed by atoms with van der Waals surface area (Å²) in [5.74, 6) is 1.04. The van der Waals surface area contributed by atoms with Crippen LogP contribution in [0.5, 0.6) is 0 Å². The van der Waals surface area contributed by atoms with E-state index in [2.05, 4.69) is 24.5 Å². The van der Waals surface area contributed by atoms with Crippen molar-refractivity contribution in [2.45, 2.75) is 58.4 Å². The molecule has 0 spiro atoms. The summed E-state index contributed by atoms with van der Waals surface area (Å²) in [6.07, 6.45) is 6.88. The summed E-state index contributed by atoms with van der Waals surface area (Å²) in [5, 5.41) is 6.62. The fraction of sp³-hybridized carbons (Fsp3) is 0.929. The Bertz CT molecular complexity index is 267. The van der Waals surface area contributed by atoms with Crippen molar-refractivity contribution in [2.75, 3.05) is 13.1 Å². The van der Waals surface area contributed by atoms with Crippen LogP contribution in [0.2, 0.25) is 0 Å². The zero-order valence-electron chi connectivity index (χ0n) is 11.2. The van der Waals surface area contributed by atoms with E-state index in [0.29, 0.717) is 11.9 Å². The molecule has 17 heavy (non-hydrogen) atoms. The van der Waals surface area contributed by atoms with E-state index in [9.17, 15) is 4.79 Å².